The predicted octanol–water partition coefficient (Wildman–Crippen LogP) is 3.60. The first-order valence-electron chi connectivity index (χ1n) is 9.22. The molecule has 0 unspecified atom stereocenters. The molecular formula is C22H23N3O2. The molecule has 0 amide bonds. The molecule has 3 aromatic rings. The van der Waals surface area contributed by atoms with Gasteiger partial charge < -0.3 is 14.7 Å². The standard InChI is InChI=1S/C22H23N3O2/c1-16-7-8-22(24-12-16)27-19-9-10-25(14-19)21-11-18(13-23-20(21)15-26)17-5-3-2-4-6-17/h2-8,11-13,19,26H,9-10,14-15H2,1H3/t19-/m0/s1. The number of nitrogens with zero attached hydrogens (tertiary/aromatic N) is 3. The molecule has 1 atom stereocenters. The molecule has 27 heavy (non-hydrogen) atoms. The number of aryl methyl sites for hydroxylation is 1. The zero-order valence-electron chi connectivity index (χ0n) is 15.4. The van der Waals surface area contributed by atoms with Crippen molar-refractivity contribution in [3.8, 4) is 17.0 Å². The molecule has 1 saturated heterocycles. The third-order valence-electron chi connectivity index (χ3n) is 4.86. The number of benzene rings is 1. The monoisotopic (exact) mass is 361 g/mol. The van der Waals surface area contributed by atoms with Crippen LogP contribution < -0.4 is 9.64 Å². The first kappa shape index (κ1) is 17.5. The third kappa shape index (κ3) is 3.93. The van der Waals surface area contributed by atoms with Crippen LogP contribution in [-0.4, -0.2) is 34.3 Å². The fourth-order valence-electron chi connectivity index (χ4n) is 3.40. The molecule has 1 aromatic carbocycles. The van der Waals surface area contributed by atoms with E-state index >= 15 is 0 Å². The Morgan fingerprint density at radius 3 is 2.67 bits per heavy atom. The summed E-state index contributed by atoms with van der Waals surface area (Å²) >= 11 is 0. The number of pyridine rings is 2. The molecule has 0 saturated carbocycles. The second-order valence-corrected chi connectivity index (χ2v) is 6.86. The molecule has 5 heteroatoms. The number of aliphatic hydroxyl groups is 1. The largest absolute Gasteiger partial charge is 0.472 e. The maximum absolute atomic E-state index is 9.74. The summed E-state index contributed by atoms with van der Waals surface area (Å²) < 4.78 is 6.03. The number of hydrogen-bond donors (Lipinski definition) is 1. The molecule has 138 valence electrons. The van der Waals surface area contributed by atoms with Crippen molar-refractivity contribution >= 4 is 5.69 Å². The Hall–Kier alpha value is -2.92. The minimum atomic E-state index is -0.0774. The first-order chi connectivity index (χ1) is 13.2. The Kier molecular flexibility index (Phi) is 5.03. The van der Waals surface area contributed by atoms with Gasteiger partial charge in [-0.25, -0.2) is 4.98 Å². The smallest absolute Gasteiger partial charge is 0.213 e. The molecule has 4 rings (SSSR count). The van der Waals surface area contributed by atoms with Gasteiger partial charge in [-0.15, -0.1) is 0 Å². The molecule has 1 aliphatic rings. The lowest BCUT2D eigenvalue weighted by molar-refractivity contribution is 0.215. The van der Waals surface area contributed by atoms with Crippen molar-refractivity contribution in [2.75, 3.05) is 18.0 Å². The lowest BCUT2D eigenvalue weighted by Crippen LogP contribution is -2.26. The molecular weight excluding hydrogens is 338 g/mol. The minimum absolute atomic E-state index is 0.0760. The summed E-state index contributed by atoms with van der Waals surface area (Å²) in [5, 5.41) is 9.74. The van der Waals surface area contributed by atoms with Gasteiger partial charge in [-0.2, -0.15) is 0 Å². The molecule has 0 bridgehead atoms. The molecule has 5 nitrogen and oxygen atoms in total. The Morgan fingerprint density at radius 1 is 1.07 bits per heavy atom. The number of aliphatic hydroxyl groups excluding tert-OH is 1. The van der Waals surface area contributed by atoms with Crippen LogP contribution in [0.25, 0.3) is 11.1 Å². The Balaban J connectivity index is 1.53. The molecule has 1 N–H and O–H groups in total. The van der Waals surface area contributed by atoms with E-state index in [9.17, 15) is 5.11 Å². The molecule has 3 heterocycles. The second-order valence-electron chi connectivity index (χ2n) is 6.86. The summed E-state index contributed by atoms with van der Waals surface area (Å²) in [5.74, 6) is 0.658. The fraction of sp³-hybridized carbons (Fsp3) is 0.273. The van der Waals surface area contributed by atoms with Gasteiger partial charge in [-0.05, 0) is 24.1 Å². The summed E-state index contributed by atoms with van der Waals surface area (Å²) in [6.45, 7) is 3.55. The van der Waals surface area contributed by atoms with Gasteiger partial charge in [-0.3, -0.25) is 4.98 Å². The van der Waals surface area contributed by atoms with Gasteiger partial charge in [0.2, 0.25) is 5.88 Å². The number of hydrogen-bond acceptors (Lipinski definition) is 5. The Morgan fingerprint density at radius 2 is 1.93 bits per heavy atom. The highest BCUT2D eigenvalue weighted by Gasteiger charge is 2.26. The fourth-order valence-corrected chi connectivity index (χ4v) is 3.40. The number of ether oxygens (including phenoxy) is 1. The molecule has 2 aromatic heterocycles. The van der Waals surface area contributed by atoms with E-state index in [4.69, 9.17) is 4.74 Å². The Bertz CT molecular complexity index is 897. The maximum atomic E-state index is 9.74. The van der Waals surface area contributed by atoms with Crippen LogP contribution in [0.15, 0.2) is 60.9 Å². The van der Waals surface area contributed by atoms with Gasteiger partial charge in [0.05, 0.1) is 24.5 Å². The van der Waals surface area contributed by atoms with Gasteiger partial charge in [0.25, 0.3) is 0 Å². The second kappa shape index (κ2) is 7.76. The highest BCUT2D eigenvalue weighted by Crippen LogP contribution is 2.30. The molecule has 0 aliphatic carbocycles. The summed E-state index contributed by atoms with van der Waals surface area (Å²) in [4.78, 5) is 11.1. The topological polar surface area (TPSA) is 58.5 Å². The highest BCUT2D eigenvalue weighted by molar-refractivity contribution is 5.69. The van der Waals surface area contributed by atoms with E-state index < -0.39 is 0 Å². The predicted molar refractivity (Wildman–Crippen MR) is 106 cm³/mol. The zero-order chi connectivity index (χ0) is 18.6. The van der Waals surface area contributed by atoms with Crippen molar-refractivity contribution in [1.29, 1.82) is 0 Å². The summed E-state index contributed by atoms with van der Waals surface area (Å²) in [6.07, 6.45) is 4.63. The molecule has 1 aliphatic heterocycles. The molecule has 1 fully saturated rings. The SMILES string of the molecule is Cc1ccc(O[C@H]2CCN(c3cc(-c4ccccc4)cnc3CO)C2)nc1. The van der Waals surface area contributed by atoms with Gasteiger partial charge in [-0.1, -0.05) is 36.4 Å². The van der Waals surface area contributed by atoms with Crippen LogP contribution in [-0.2, 0) is 6.61 Å². The zero-order valence-corrected chi connectivity index (χ0v) is 15.4. The molecule has 0 spiro atoms. The van der Waals surface area contributed by atoms with E-state index in [0.717, 1.165) is 41.9 Å². The van der Waals surface area contributed by atoms with Crippen LogP contribution in [0.5, 0.6) is 5.88 Å². The van der Waals surface area contributed by atoms with E-state index in [0.29, 0.717) is 11.6 Å². The third-order valence-corrected chi connectivity index (χ3v) is 4.86. The summed E-state index contributed by atoms with van der Waals surface area (Å²) in [6, 6.07) is 16.2. The lowest BCUT2D eigenvalue weighted by atomic mass is 10.1. The van der Waals surface area contributed by atoms with Crippen molar-refractivity contribution in [2.45, 2.75) is 26.1 Å². The van der Waals surface area contributed by atoms with E-state index in [-0.39, 0.29) is 12.7 Å². The number of rotatable bonds is 5. The van der Waals surface area contributed by atoms with Gasteiger partial charge in [0, 0.05) is 37.0 Å². The van der Waals surface area contributed by atoms with Crippen molar-refractivity contribution in [3.63, 3.8) is 0 Å². The van der Waals surface area contributed by atoms with E-state index in [2.05, 4.69) is 33.1 Å². The highest BCUT2D eigenvalue weighted by atomic mass is 16.5. The lowest BCUT2D eigenvalue weighted by Gasteiger charge is -2.22. The van der Waals surface area contributed by atoms with E-state index in [1.165, 1.54) is 0 Å². The van der Waals surface area contributed by atoms with E-state index in [1.54, 1.807) is 0 Å². The normalized spacial score (nSPS) is 16.5. The van der Waals surface area contributed by atoms with Crippen LogP contribution in [0.1, 0.15) is 17.7 Å². The van der Waals surface area contributed by atoms with Crippen molar-refractivity contribution in [2.24, 2.45) is 0 Å². The van der Waals surface area contributed by atoms with Crippen molar-refractivity contribution in [1.82, 2.24) is 9.97 Å². The van der Waals surface area contributed by atoms with Crippen LogP contribution in [0, 0.1) is 6.92 Å². The van der Waals surface area contributed by atoms with Crippen LogP contribution in [0.2, 0.25) is 0 Å². The minimum Gasteiger partial charge on any atom is -0.472 e. The van der Waals surface area contributed by atoms with Gasteiger partial charge in [0.15, 0.2) is 0 Å². The summed E-state index contributed by atoms with van der Waals surface area (Å²) in [5.41, 5.74) is 4.95. The molecule has 0 radical (unpaired) electrons. The van der Waals surface area contributed by atoms with Crippen LogP contribution in [0.3, 0.4) is 0 Å². The number of anilines is 1. The first-order valence-corrected chi connectivity index (χ1v) is 9.22. The van der Waals surface area contributed by atoms with Crippen LogP contribution in [0.4, 0.5) is 5.69 Å². The van der Waals surface area contributed by atoms with Gasteiger partial charge >= 0.3 is 0 Å². The average molecular weight is 361 g/mol. The number of aromatic nitrogens is 2. The Labute approximate surface area is 159 Å². The van der Waals surface area contributed by atoms with Crippen molar-refractivity contribution in [3.05, 3.63) is 72.2 Å². The maximum Gasteiger partial charge on any atom is 0.213 e. The van der Waals surface area contributed by atoms with Crippen LogP contribution >= 0.6 is 0 Å². The summed E-state index contributed by atoms with van der Waals surface area (Å²) in [7, 11) is 0. The van der Waals surface area contributed by atoms with E-state index in [1.807, 2.05) is 49.6 Å². The average Bonchev–Trinajstić information content (AvgIpc) is 3.18. The quantitative estimate of drug-likeness (QED) is 0.752. The van der Waals surface area contributed by atoms with Crippen molar-refractivity contribution < 1.29 is 9.84 Å². The van der Waals surface area contributed by atoms with Gasteiger partial charge in [0.1, 0.15) is 6.10 Å².